The molecule has 0 bridgehead atoms. The Morgan fingerprint density at radius 1 is 0.392 bits per heavy atom. The van der Waals surface area contributed by atoms with Crippen molar-refractivity contribution < 1.29 is 52.2 Å². The third-order valence-corrected chi connectivity index (χ3v) is 12.7. The van der Waals surface area contributed by atoms with Crippen LogP contribution in [0.25, 0.3) is 0 Å². The van der Waals surface area contributed by atoms with Crippen molar-refractivity contribution in [1.29, 1.82) is 0 Å². The second kappa shape index (κ2) is 55.4. The fourth-order valence-electron chi connectivity index (χ4n) is 7.41. The number of aliphatic hydroxyl groups is 1. The monoisotopic (exact) mass is 1050 g/mol. The predicted octanol–water partition coefficient (Wildman–Crippen LogP) is 17.0. The summed E-state index contributed by atoms with van der Waals surface area (Å²) in [4.78, 5) is 48.5. The zero-order valence-electron chi connectivity index (χ0n) is 46.5. The maximum atomic E-state index is 12.9. The normalized spacial score (nSPS) is 14.2. The number of esters is 3. The summed E-state index contributed by atoms with van der Waals surface area (Å²) in [5.41, 5.74) is 0. The van der Waals surface area contributed by atoms with Crippen molar-refractivity contribution in [3.05, 3.63) is 109 Å². The summed E-state index contributed by atoms with van der Waals surface area (Å²) in [7, 11) is -4.78. The van der Waals surface area contributed by atoms with Gasteiger partial charge in [0.1, 0.15) is 12.7 Å². The zero-order valence-corrected chi connectivity index (χ0v) is 47.4. The highest BCUT2D eigenvalue weighted by molar-refractivity contribution is 7.47. The van der Waals surface area contributed by atoms with Gasteiger partial charge < -0.3 is 24.2 Å². The minimum Gasteiger partial charge on any atom is -0.462 e. The Morgan fingerprint density at radius 3 is 1.15 bits per heavy atom. The minimum atomic E-state index is -4.78. The number of phosphoric ester groups is 1. The van der Waals surface area contributed by atoms with Gasteiger partial charge in [-0.15, -0.1) is 0 Å². The van der Waals surface area contributed by atoms with Gasteiger partial charge in [0.05, 0.1) is 19.8 Å². The van der Waals surface area contributed by atoms with Crippen LogP contribution in [0.15, 0.2) is 109 Å². The number of hydrogen-bond donors (Lipinski definition) is 2. The fraction of sp³-hybridized carbons (Fsp3) is 0.661. The number of ether oxygens (including phenoxy) is 3. The van der Waals surface area contributed by atoms with E-state index in [0.29, 0.717) is 25.7 Å². The molecule has 0 radical (unpaired) electrons. The van der Waals surface area contributed by atoms with Gasteiger partial charge in [-0.3, -0.25) is 23.4 Å². The molecule has 0 aliphatic heterocycles. The molecule has 2 N–H and O–H groups in total. The van der Waals surface area contributed by atoms with Crippen LogP contribution in [-0.4, -0.2) is 66.5 Å². The molecule has 0 rings (SSSR count). The minimum absolute atomic E-state index is 0.0472. The van der Waals surface area contributed by atoms with Crippen LogP contribution in [0.5, 0.6) is 0 Å². The number of hydrogen-bond acceptors (Lipinski definition) is 10. The molecule has 0 fully saturated rings. The fourth-order valence-corrected chi connectivity index (χ4v) is 8.19. The van der Waals surface area contributed by atoms with Gasteiger partial charge in [0, 0.05) is 19.3 Å². The summed E-state index contributed by atoms with van der Waals surface area (Å²) < 4.78 is 39.4. The van der Waals surface area contributed by atoms with Gasteiger partial charge in [-0.2, -0.15) is 0 Å². The summed E-state index contributed by atoms with van der Waals surface area (Å²) in [6.45, 7) is 4.27. The third kappa shape index (κ3) is 53.0. The molecule has 0 spiro atoms. The van der Waals surface area contributed by atoms with E-state index in [9.17, 15) is 28.9 Å². The molecule has 0 aliphatic carbocycles. The van der Waals surface area contributed by atoms with Crippen LogP contribution in [0, 0.1) is 0 Å². The molecule has 0 aromatic carbocycles. The molecule has 0 saturated carbocycles. The van der Waals surface area contributed by atoms with Crippen LogP contribution < -0.4 is 0 Å². The highest BCUT2D eigenvalue weighted by atomic mass is 31.2. The molecule has 0 aromatic heterocycles. The van der Waals surface area contributed by atoms with Crippen molar-refractivity contribution in [3.8, 4) is 0 Å². The average Bonchev–Trinajstić information content (AvgIpc) is 3.39. The first-order valence-electron chi connectivity index (χ1n) is 28.8. The van der Waals surface area contributed by atoms with E-state index in [1.807, 2.05) is 30.4 Å². The molecule has 3 unspecified atom stereocenters. The van der Waals surface area contributed by atoms with E-state index in [4.69, 9.17) is 23.3 Å². The van der Waals surface area contributed by atoms with Crippen LogP contribution in [0.4, 0.5) is 0 Å². The summed E-state index contributed by atoms with van der Waals surface area (Å²) in [5, 5.41) is 9.79. The van der Waals surface area contributed by atoms with Crippen molar-refractivity contribution >= 4 is 25.7 Å². The predicted molar refractivity (Wildman–Crippen MR) is 307 cm³/mol. The van der Waals surface area contributed by atoms with Gasteiger partial charge in [0.2, 0.25) is 0 Å². The second-order valence-corrected chi connectivity index (χ2v) is 20.1. The van der Waals surface area contributed by atoms with E-state index >= 15 is 0 Å². The quantitative estimate of drug-likeness (QED) is 0.0197. The van der Waals surface area contributed by atoms with Crippen LogP contribution >= 0.6 is 7.82 Å². The first-order chi connectivity index (χ1) is 36.2. The summed E-state index contributed by atoms with van der Waals surface area (Å²) in [6, 6.07) is 0. The van der Waals surface area contributed by atoms with Gasteiger partial charge in [0.15, 0.2) is 6.10 Å². The van der Waals surface area contributed by atoms with E-state index in [0.717, 1.165) is 77.0 Å². The first kappa shape index (κ1) is 70.1. The smallest absolute Gasteiger partial charge is 0.462 e. The Bertz CT molecular complexity index is 1660. The molecule has 422 valence electrons. The molecule has 0 saturated heterocycles. The number of allylic oxidation sites excluding steroid dienone is 18. The average molecular weight is 1060 g/mol. The van der Waals surface area contributed by atoms with Gasteiger partial charge in [0.25, 0.3) is 0 Å². The SMILES string of the molecule is CC/C=C\C/C=C\C/C=C\C/C=C\C/C=C\CCCC(=O)OC(COC(=O)CCCCCCCCCCCCCCCCCCC)COP(=O)(O)OCC(CO)OC(=O)CC/C=C\C/C=C\C/C=C\C/C=C\CC. The Kier molecular flexibility index (Phi) is 52.5. The summed E-state index contributed by atoms with van der Waals surface area (Å²) >= 11 is 0. The molecule has 0 aliphatic rings. The lowest BCUT2D eigenvalue weighted by molar-refractivity contribution is -0.161. The topological polar surface area (TPSA) is 155 Å². The number of rotatable bonds is 52. The van der Waals surface area contributed by atoms with Gasteiger partial charge in [-0.05, 0) is 83.5 Å². The Hall–Kier alpha value is -3.86. The largest absolute Gasteiger partial charge is 0.472 e. The zero-order chi connectivity index (χ0) is 54.1. The number of unbranched alkanes of at least 4 members (excludes halogenated alkanes) is 17. The lowest BCUT2D eigenvalue weighted by Crippen LogP contribution is -2.30. The molecular formula is C62H103O11P. The van der Waals surface area contributed by atoms with Gasteiger partial charge >= 0.3 is 25.7 Å². The van der Waals surface area contributed by atoms with Crippen LogP contribution in [-0.2, 0) is 42.2 Å². The van der Waals surface area contributed by atoms with Gasteiger partial charge in [-0.25, -0.2) is 4.57 Å². The van der Waals surface area contributed by atoms with Crippen molar-refractivity contribution in [3.63, 3.8) is 0 Å². The summed E-state index contributed by atoms with van der Waals surface area (Å²) in [6.07, 6.45) is 66.5. The van der Waals surface area contributed by atoms with E-state index in [1.165, 1.54) is 83.5 Å². The Morgan fingerprint density at radius 2 is 0.730 bits per heavy atom. The molecular weight excluding hydrogens is 952 g/mol. The molecule has 12 heteroatoms. The molecule has 0 aromatic rings. The lowest BCUT2D eigenvalue weighted by atomic mass is 10.0. The highest BCUT2D eigenvalue weighted by Gasteiger charge is 2.28. The number of aliphatic hydroxyl groups excluding tert-OH is 1. The number of carbonyl (C=O) groups is 3. The Labute approximate surface area is 450 Å². The van der Waals surface area contributed by atoms with Crippen molar-refractivity contribution in [2.24, 2.45) is 0 Å². The first-order valence-corrected chi connectivity index (χ1v) is 30.3. The van der Waals surface area contributed by atoms with Crippen molar-refractivity contribution in [1.82, 2.24) is 0 Å². The molecule has 11 nitrogen and oxygen atoms in total. The van der Waals surface area contributed by atoms with Crippen molar-refractivity contribution in [2.45, 2.75) is 238 Å². The van der Waals surface area contributed by atoms with Crippen LogP contribution in [0.2, 0.25) is 0 Å². The number of phosphoric acid groups is 1. The maximum absolute atomic E-state index is 12.9. The highest BCUT2D eigenvalue weighted by Crippen LogP contribution is 2.43. The lowest BCUT2D eigenvalue weighted by Gasteiger charge is -2.21. The van der Waals surface area contributed by atoms with E-state index in [2.05, 4.69) is 99.8 Å². The number of carbonyl (C=O) groups excluding carboxylic acids is 3. The molecule has 74 heavy (non-hydrogen) atoms. The van der Waals surface area contributed by atoms with E-state index in [-0.39, 0.29) is 25.9 Å². The van der Waals surface area contributed by atoms with Gasteiger partial charge in [-0.1, -0.05) is 233 Å². The van der Waals surface area contributed by atoms with Crippen LogP contribution in [0.3, 0.4) is 0 Å². The molecule has 3 atom stereocenters. The van der Waals surface area contributed by atoms with Crippen molar-refractivity contribution in [2.75, 3.05) is 26.4 Å². The molecule has 0 amide bonds. The van der Waals surface area contributed by atoms with E-state index in [1.54, 1.807) is 0 Å². The maximum Gasteiger partial charge on any atom is 0.472 e. The summed E-state index contributed by atoms with van der Waals surface area (Å²) in [5.74, 6) is -1.63. The standard InChI is InChI=1S/C62H103O11P/c1-4-7-10-13-16-19-22-25-27-29-31-34-36-39-42-45-48-51-60(64)69-55-59(73-62(66)53-50-47-44-41-38-35-32-30-28-26-23-20-17-14-11-8-5-2)57-71-74(67,68)70-56-58(54-63)72-61(65)52-49-46-43-40-37-33-24-21-18-15-12-9-6-3/h8-9,11-12,17-18,20-21,26,28,32-33,35,37,41,43-44,46,58-59,63H,4-7,10,13-16,19,22-25,27,29-31,34,36,38-40,42,45,47-57H2,1-3H3,(H,67,68)/b11-8-,12-9-,20-17-,21-18-,28-26-,35-32-,37-33-,44-41-,46-43-. The second-order valence-electron chi connectivity index (χ2n) is 18.7. The van der Waals surface area contributed by atoms with Crippen LogP contribution in [0.1, 0.15) is 226 Å². The molecule has 0 heterocycles. The Balaban J connectivity index is 4.86. The third-order valence-electron chi connectivity index (χ3n) is 11.7. The van der Waals surface area contributed by atoms with E-state index < -0.39 is 57.8 Å².